The first-order valence-corrected chi connectivity index (χ1v) is 28.6. The van der Waals surface area contributed by atoms with Crippen molar-refractivity contribution in [3.8, 4) is 0 Å². The normalized spacial score (nSPS) is 12.3. The SMILES string of the molecule is CC/C=C\C/C=C\C/C=C\C/C=C\CCCCCCCCC(=O)OCC(COC(=O)CCCCCCCCCCCCCC)OC(=O)CCCCCCCCCCCCCCCCCCC. The van der Waals surface area contributed by atoms with Crippen molar-refractivity contribution >= 4 is 17.9 Å². The molecule has 0 aromatic rings. The minimum absolute atomic E-state index is 0.0733. The molecule has 66 heavy (non-hydrogen) atoms. The van der Waals surface area contributed by atoms with E-state index in [1.165, 1.54) is 167 Å². The van der Waals surface area contributed by atoms with Gasteiger partial charge in [0, 0.05) is 19.3 Å². The van der Waals surface area contributed by atoms with E-state index in [2.05, 4.69) is 69.4 Å². The summed E-state index contributed by atoms with van der Waals surface area (Å²) in [5.74, 6) is -0.872. The Morgan fingerprint density at radius 1 is 0.318 bits per heavy atom. The molecule has 0 aliphatic heterocycles. The second-order valence-corrected chi connectivity index (χ2v) is 19.2. The second-order valence-electron chi connectivity index (χ2n) is 19.2. The van der Waals surface area contributed by atoms with Crippen molar-refractivity contribution in [1.82, 2.24) is 0 Å². The number of hydrogen-bond acceptors (Lipinski definition) is 6. The average molecular weight is 926 g/mol. The maximum atomic E-state index is 12.8. The lowest BCUT2D eigenvalue weighted by Gasteiger charge is -2.18. The largest absolute Gasteiger partial charge is 0.462 e. The zero-order valence-corrected chi connectivity index (χ0v) is 44.0. The lowest BCUT2D eigenvalue weighted by Crippen LogP contribution is -2.30. The van der Waals surface area contributed by atoms with Gasteiger partial charge in [-0.15, -0.1) is 0 Å². The van der Waals surface area contributed by atoms with Crippen molar-refractivity contribution in [2.75, 3.05) is 13.2 Å². The molecule has 0 amide bonds. The number of esters is 3. The molecule has 0 rings (SSSR count). The highest BCUT2D eigenvalue weighted by molar-refractivity contribution is 5.71. The van der Waals surface area contributed by atoms with Crippen molar-refractivity contribution in [2.24, 2.45) is 0 Å². The van der Waals surface area contributed by atoms with Crippen LogP contribution >= 0.6 is 0 Å². The van der Waals surface area contributed by atoms with E-state index in [1.807, 2.05) is 0 Å². The van der Waals surface area contributed by atoms with Gasteiger partial charge in [0.25, 0.3) is 0 Å². The second kappa shape index (κ2) is 55.0. The molecule has 0 heterocycles. The number of carbonyl (C=O) groups excluding carboxylic acids is 3. The molecule has 0 aliphatic carbocycles. The molecule has 0 radical (unpaired) electrons. The zero-order chi connectivity index (χ0) is 47.9. The van der Waals surface area contributed by atoms with Gasteiger partial charge >= 0.3 is 17.9 Å². The summed E-state index contributed by atoms with van der Waals surface area (Å²) in [6, 6.07) is 0. The minimum Gasteiger partial charge on any atom is -0.462 e. The number of unbranched alkanes of at least 4 members (excludes halogenated alkanes) is 33. The predicted molar refractivity (Wildman–Crippen MR) is 284 cm³/mol. The van der Waals surface area contributed by atoms with Gasteiger partial charge in [0.15, 0.2) is 6.10 Å². The predicted octanol–water partition coefficient (Wildman–Crippen LogP) is 19.0. The van der Waals surface area contributed by atoms with Gasteiger partial charge in [-0.1, -0.05) is 268 Å². The fourth-order valence-electron chi connectivity index (χ4n) is 8.32. The molecule has 0 spiro atoms. The van der Waals surface area contributed by atoms with Crippen molar-refractivity contribution in [2.45, 2.75) is 303 Å². The Morgan fingerprint density at radius 3 is 0.924 bits per heavy atom. The average Bonchev–Trinajstić information content (AvgIpc) is 3.31. The van der Waals surface area contributed by atoms with Crippen LogP contribution in [0.4, 0.5) is 0 Å². The Kier molecular flexibility index (Phi) is 52.8. The molecule has 0 fully saturated rings. The number of allylic oxidation sites excluding steroid dienone is 8. The lowest BCUT2D eigenvalue weighted by atomic mass is 10.0. The molecule has 384 valence electrons. The van der Waals surface area contributed by atoms with Gasteiger partial charge in [0.2, 0.25) is 0 Å². The molecule has 0 aromatic heterocycles. The number of hydrogen-bond donors (Lipinski definition) is 0. The van der Waals surface area contributed by atoms with Crippen LogP contribution in [0.5, 0.6) is 0 Å². The Bertz CT molecular complexity index is 1150. The standard InChI is InChI=1S/C60H108O6/c1-4-7-10-13-16-19-22-25-27-29-30-32-33-35-38-41-44-47-50-53-59(62)65-56-57(55-64-58(61)52-49-46-43-40-37-24-21-18-15-12-9-6-3)66-60(63)54-51-48-45-42-39-36-34-31-28-26-23-20-17-14-11-8-5-2/h7,10,16,19,25,27,30,32,57H,4-6,8-9,11-15,17-18,20-24,26,28-29,31,33-56H2,1-3H3/b10-7-,19-16-,27-25-,32-30-. The van der Waals surface area contributed by atoms with Gasteiger partial charge in [-0.05, 0) is 57.8 Å². The van der Waals surface area contributed by atoms with Crippen molar-refractivity contribution < 1.29 is 28.6 Å². The fourth-order valence-corrected chi connectivity index (χ4v) is 8.32. The smallest absolute Gasteiger partial charge is 0.306 e. The van der Waals surface area contributed by atoms with Crippen LogP contribution in [-0.2, 0) is 28.6 Å². The summed E-state index contributed by atoms with van der Waals surface area (Å²) in [4.78, 5) is 38.1. The molecule has 0 saturated heterocycles. The van der Waals surface area contributed by atoms with Gasteiger partial charge in [-0.2, -0.15) is 0 Å². The maximum absolute atomic E-state index is 12.8. The van der Waals surface area contributed by atoms with Crippen molar-refractivity contribution in [1.29, 1.82) is 0 Å². The Balaban J connectivity index is 4.34. The van der Waals surface area contributed by atoms with E-state index < -0.39 is 6.10 Å². The molecule has 0 aliphatic rings. The first-order valence-electron chi connectivity index (χ1n) is 28.6. The fraction of sp³-hybridized carbons (Fsp3) is 0.817. The third-order valence-electron chi connectivity index (χ3n) is 12.6. The van der Waals surface area contributed by atoms with Crippen molar-refractivity contribution in [3.63, 3.8) is 0 Å². The summed E-state index contributed by atoms with van der Waals surface area (Å²) in [6.07, 6.45) is 66.7. The highest BCUT2D eigenvalue weighted by Crippen LogP contribution is 2.17. The third-order valence-corrected chi connectivity index (χ3v) is 12.6. The van der Waals surface area contributed by atoms with Crippen LogP contribution in [0.1, 0.15) is 297 Å². The summed E-state index contributed by atoms with van der Waals surface area (Å²) in [5, 5.41) is 0. The van der Waals surface area contributed by atoms with E-state index in [0.717, 1.165) is 89.9 Å². The van der Waals surface area contributed by atoms with Crippen LogP contribution in [0.25, 0.3) is 0 Å². The number of carbonyl (C=O) groups is 3. The Labute approximate surface area is 409 Å². The van der Waals surface area contributed by atoms with Gasteiger partial charge in [-0.25, -0.2) is 0 Å². The van der Waals surface area contributed by atoms with Crippen LogP contribution < -0.4 is 0 Å². The quantitative estimate of drug-likeness (QED) is 0.0262. The highest BCUT2D eigenvalue weighted by Gasteiger charge is 2.19. The first-order chi connectivity index (χ1) is 32.5. The number of rotatable bonds is 52. The van der Waals surface area contributed by atoms with Gasteiger partial charge in [0.05, 0.1) is 0 Å². The van der Waals surface area contributed by atoms with E-state index in [-0.39, 0.29) is 31.1 Å². The topological polar surface area (TPSA) is 78.9 Å². The summed E-state index contributed by atoms with van der Waals surface area (Å²) >= 11 is 0. The lowest BCUT2D eigenvalue weighted by molar-refractivity contribution is -0.167. The number of ether oxygens (including phenoxy) is 3. The molecular weight excluding hydrogens is 817 g/mol. The molecule has 0 aromatic carbocycles. The molecule has 1 unspecified atom stereocenters. The van der Waals surface area contributed by atoms with E-state index in [9.17, 15) is 14.4 Å². The van der Waals surface area contributed by atoms with Crippen LogP contribution in [0, 0.1) is 0 Å². The summed E-state index contributed by atoms with van der Waals surface area (Å²) in [7, 11) is 0. The Hall–Kier alpha value is -2.63. The van der Waals surface area contributed by atoms with E-state index in [1.54, 1.807) is 0 Å². The van der Waals surface area contributed by atoms with Crippen LogP contribution in [0.3, 0.4) is 0 Å². The van der Waals surface area contributed by atoms with E-state index in [4.69, 9.17) is 14.2 Å². The van der Waals surface area contributed by atoms with Gasteiger partial charge in [-0.3, -0.25) is 14.4 Å². The first kappa shape index (κ1) is 63.4. The van der Waals surface area contributed by atoms with Gasteiger partial charge in [0.1, 0.15) is 13.2 Å². The molecule has 0 bridgehead atoms. The molecule has 6 nitrogen and oxygen atoms in total. The monoisotopic (exact) mass is 925 g/mol. The zero-order valence-electron chi connectivity index (χ0n) is 44.0. The van der Waals surface area contributed by atoms with Crippen LogP contribution in [0.2, 0.25) is 0 Å². The summed E-state index contributed by atoms with van der Waals surface area (Å²) in [6.45, 7) is 6.55. The molecule has 0 N–H and O–H groups in total. The summed E-state index contributed by atoms with van der Waals surface area (Å²) in [5.41, 5.74) is 0. The van der Waals surface area contributed by atoms with Gasteiger partial charge < -0.3 is 14.2 Å². The molecule has 1 atom stereocenters. The minimum atomic E-state index is -0.775. The maximum Gasteiger partial charge on any atom is 0.306 e. The van der Waals surface area contributed by atoms with Crippen LogP contribution in [0.15, 0.2) is 48.6 Å². The third kappa shape index (κ3) is 52.3. The Morgan fingerprint density at radius 2 is 0.591 bits per heavy atom. The van der Waals surface area contributed by atoms with Crippen LogP contribution in [-0.4, -0.2) is 37.2 Å². The highest BCUT2D eigenvalue weighted by atomic mass is 16.6. The molecule has 6 heteroatoms. The molecular formula is C60H108O6. The summed E-state index contributed by atoms with van der Waals surface area (Å²) < 4.78 is 16.9. The van der Waals surface area contributed by atoms with E-state index >= 15 is 0 Å². The molecule has 0 saturated carbocycles. The van der Waals surface area contributed by atoms with Crippen molar-refractivity contribution in [3.05, 3.63) is 48.6 Å². The van der Waals surface area contributed by atoms with E-state index in [0.29, 0.717) is 19.3 Å².